The molecule has 0 aliphatic carbocycles. The van der Waals surface area contributed by atoms with Gasteiger partial charge in [0.1, 0.15) is 17.5 Å². The van der Waals surface area contributed by atoms with E-state index in [1.54, 1.807) is 24.3 Å². The molecular weight excluding hydrogens is 318 g/mol. The molecule has 0 aliphatic rings. The molecule has 0 amide bonds. The second-order valence-electron chi connectivity index (χ2n) is 4.86. The molecule has 2 aromatic heterocycles. The molecule has 0 saturated heterocycles. The van der Waals surface area contributed by atoms with Gasteiger partial charge >= 0.3 is 5.69 Å². The van der Waals surface area contributed by atoms with Crippen molar-refractivity contribution in [1.29, 1.82) is 5.26 Å². The lowest BCUT2D eigenvalue weighted by Gasteiger charge is -2.13. The molecule has 0 spiro atoms. The molecular formula is C15H10ClN5O2. The van der Waals surface area contributed by atoms with Crippen molar-refractivity contribution in [1.82, 2.24) is 14.5 Å². The van der Waals surface area contributed by atoms with Crippen LogP contribution >= 0.6 is 11.6 Å². The van der Waals surface area contributed by atoms with E-state index in [0.29, 0.717) is 10.6 Å². The summed E-state index contributed by atoms with van der Waals surface area (Å²) >= 11 is 6.21. The minimum absolute atomic E-state index is 0.0368. The number of fused-ring (bicyclic) bond motifs is 1. The van der Waals surface area contributed by atoms with Crippen LogP contribution in [0.3, 0.4) is 0 Å². The first-order valence-electron chi connectivity index (χ1n) is 6.53. The number of benzene rings is 1. The first-order chi connectivity index (χ1) is 11.0. The number of halogens is 1. The van der Waals surface area contributed by atoms with Crippen LogP contribution in [-0.4, -0.2) is 14.5 Å². The van der Waals surface area contributed by atoms with Crippen molar-refractivity contribution < 1.29 is 0 Å². The lowest BCUT2D eigenvalue weighted by atomic mass is 9.98. The summed E-state index contributed by atoms with van der Waals surface area (Å²) in [5.74, 6) is -0.0736. The molecule has 1 aromatic carbocycles. The number of aromatic nitrogens is 3. The number of rotatable bonds is 1. The molecule has 3 aromatic rings. The van der Waals surface area contributed by atoms with E-state index in [0.717, 1.165) is 4.57 Å². The van der Waals surface area contributed by atoms with Gasteiger partial charge in [-0.3, -0.25) is 14.3 Å². The summed E-state index contributed by atoms with van der Waals surface area (Å²) in [5.41, 5.74) is 5.43. The summed E-state index contributed by atoms with van der Waals surface area (Å²) in [6, 6.07) is 8.71. The van der Waals surface area contributed by atoms with E-state index in [1.807, 2.05) is 6.07 Å². The number of nitrogens with one attached hydrogen (secondary N) is 1. The SMILES string of the molecule is Cn1c(=O)[nH]c(=O)c2c(-c3ccccc3Cl)c(C#N)c(N)nc21. The Morgan fingerprint density at radius 3 is 2.70 bits per heavy atom. The van der Waals surface area contributed by atoms with E-state index in [9.17, 15) is 14.9 Å². The molecule has 0 radical (unpaired) electrons. The van der Waals surface area contributed by atoms with Crippen LogP contribution in [0, 0.1) is 11.3 Å². The van der Waals surface area contributed by atoms with Gasteiger partial charge in [-0.15, -0.1) is 0 Å². The van der Waals surface area contributed by atoms with E-state index >= 15 is 0 Å². The molecule has 0 saturated carbocycles. The van der Waals surface area contributed by atoms with E-state index in [4.69, 9.17) is 17.3 Å². The normalized spacial score (nSPS) is 10.7. The third kappa shape index (κ3) is 2.17. The Labute approximate surface area is 134 Å². The molecule has 8 heteroatoms. The smallest absolute Gasteiger partial charge is 0.329 e. The topological polar surface area (TPSA) is 118 Å². The quantitative estimate of drug-likeness (QED) is 0.700. The Bertz CT molecular complexity index is 1110. The Balaban J connectivity index is 2.67. The van der Waals surface area contributed by atoms with Crippen molar-refractivity contribution in [3.05, 3.63) is 55.7 Å². The van der Waals surface area contributed by atoms with Gasteiger partial charge in [0.15, 0.2) is 5.65 Å². The van der Waals surface area contributed by atoms with Crippen LogP contribution in [-0.2, 0) is 7.05 Å². The molecule has 7 nitrogen and oxygen atoms in total. The first-order valence-corrected chi connectivity index (χ1v) is 6.91. The second kappa shape index (κ2) is 5.26. The zero-order valence-electron chi connectivity index (χ0n) is 11.9. The van der Waals surface area contributed by atoms with Crippen molar-refractivity contribution in [3.63, 3.8) is 0 Å². The average Bonchev–Trinajstić information content (AvgIpc) is 2.52. The van der Waals surface area contributed by atoms with Crippen LogP contribution in [0.4, 0.5) is 5.82 Å². The summed E-state index contributed by atoms with van der Waals surface area (Å²) in [7, 11) is 1.45. The second-order valence-corrected chi connectivity index (χ2v) is 5.26. The molecule has 3 N–H and O–H groups in total. The molecule has 23 heavy (non-hydrogen) atoms. The maximum Gasteiger partial charge on any atom is 0.329 e. The molecule has 114 valence electrons. The Hall–Kier alpha value is -3.11. The van der Waals surface area contributed by atoms with Crippen molar-refractivity contribution in [3.8, 4) is 17.2 Å². The van der Waals surface area contributed by atoms with Crippen LogP contribution in [0.5, 0.6) is 0 Å². The monoisotopic (exact) mass is 327 g/mol. The number of pyridine rings is 1. The number of nitriles is 1. The van der Waals surface area contributed by atoms with Gasteiger partial charge in [0.05, 0.1) is 5.39 Å². The van der Waals surface area contributed by atoms with Gasteiger partial charge in [0, 0.05) is 23.2 Å². The Morgan fingerprint density at radius 1 is 1.35 bits per heavy atom. The highest BCUT2D eigenvalue weighted by Gasteiger charge is 2.21. The fourth-order valence-electron chi connectivity index (χ4n) is 2.43. The maximum absolute atomic E-state index is 12.3. The number of H-pyrrole nitrogens is 1. The fourth-order valence-corrected chi connectivity index (χ4v) is 2.66. The minimum Gasteiger partial charge on any atom is -0.383 e. The van der Waals surface area contributed by atoms with Crippen LogP contribution in [0.1, 0.15) is 5.56 Å². The van der Waals surface area contributed by atoms with Gasteiger partial charge in [-0.2, -0.15) is 5.26 Å². The number of hydrogen-bond acceptors (Lipinski definition) is 5. The van der Waals surface area contributed by atoms with Gasteiger partial charge in [-0.25, -0.2) is 9.78 Å². The van der Waals surface area contributed by atoms with Crippen LogP contribution in [0.25, 0.3) is 22.2 Å². The van der Waals surface area contributed by atoms with E-state index in [2.05, 4.69) is 9.97 Å². The highest BCUT2D eigenvalue weighted by molar-refractivity contribution is 6.33. The minimum atomic E-state index is -0.651. The largest absolute Gasteiger partial charge is 0.383 e. The van der Waals surface area contributed by atoms with Crippen molar-refractivity contribution >= 4 is 28.5 Å². The molecule has 0 bridgehead atoms. The summed E-state index contributed by atoms with van der Waals surface area (Å²) in [4.78, 5) is 30.3. The molecule has 0 unspecified atom stereocenters. The average molecular weight is 328 g/mol. The lowest BCUT2D eigenvalue weighted by Crippen LogP contribution is -2.29. The first kappa shape index (κ1) is 14.8. The van der Waals surface area contributed by atoms with Gasteiger partial charge in [-0.05, 0) is 6.07 Å². The highest BCUT2D eigenvalue weighted by atomic mass is 35.5. The number of nitrogens with zero attached hydrogens (tertiary/aromatic N) is 3. The van der Waals surface area contributed by atoms with Gasteiger partial charge in [0.2, 0.25) is 0 Å². The predicted molar refractivity (Wildman–Crippen MR) is 87.2 cm³/mol. The maximum atomic E-state index is 12.3. The highest BCUT2D eigenvalue weighted by Crippen LogP contribution is 2.35. The summed E-state index contributed by atoms with van der Waals surface area (Å²) < 4.78 is 1.16. The van der Waals surface area contributed by atoms with Crippen molar-refractivity contribution in [2.75, 3.05) is 5.73 Å². The Morgan fingerprint density at radius 2 is 2.04 bits per heavy atom. The van der Waals surface area contributed by atoms with E-state index in [1.165, 1.54) is 7.05 Å². The standard InChI is InChI=1S/C15H10ClN5O2/c1-21-13-11(14(22)20-15(21)23)10(8(6-17)12(18)19-13)7-4-2-3-5-9(7)16/h2-5H,1H3,(H2,18,19)(H,20,22,23). The lowest BCUT2D eigenvalue weighted by molar-refractivity contribution is 0.830. The van der Waals surface area contributed by atoms with Crippen LogP contribution in [0.15, 0.2) is 33.9 Å². The van der Waals surface area contributed by atoms with Crippen molar-refractivity contribution in [2.24, 2.45) is 7.05 Å². The number of anilines is 1. The summed E-state index contributed by atoms with van der Waals surface area (Å²) in [5, 5.41) is 9.87. The molecule has 2 heterocycles. The van der Waals surface area contributed by atoms with Gasteiger partial charge < -0.3 is 5.73 Å². The zero-order valence-corrected chi connectivity index (χ0v) is 12.7. The third-order valence-corrected chi connectivity index (χ3v) is 3.86. The number of nitrogen functional groups attached to an aromatic ring is 1. The molecule has 0 aliphatic heterocycles. The number of nitrogens with two attached hydrogens (primary N) is 1. The predicted octanol–water partition coefficient (Wildman–Crippen LogP) is 1.40. The van der Waals surface area contributed by atoms with E-state index in [-0.39, 0.29) is 28.0 Å². The molecule has 3 rings (SSSR count). The Kier molecular flexibility index (Phi) is 3.39. The fraction of sp³-hybridized carbons (Fsp3) is 0.0667. The van der Waals surface area contributed by atoms with Crippen LogP contribution in [0.2, 0.25) is 5.02 Å². The third-order valence-electron chi connectivity index (χ3n) is 3.53. The zero-order chi connectivity index (χ0) is 16.7. The van der Waals surface area contributed by atoms with Gasteiger partial charge in [0.25, 0.3) is 5.56 Å². The molecule has 0 fully saturated rings. The van der Waals surface area contributed by atoms with E-state index < -0.39 is 11.2 Å². The molecule has 0 atom stereocenters. The van der Waals surface area contributed by atoms with Crippen molar-refractivity contribution in [2.45, 2.75) is 0 Å². The van der Waals surface area contributed by atoms with Crippen LogP contribution < -0.4 is 17.0 Å². The summed E-state index contributed by atoms with van der Waals surface area (Å²) in [6.07, 6.45) is 0. The number of aryl methyl sites for hydroxylation is 1. The number of hydrogen-bond donors (Lipinski definition) is 2. The summed E-state index contributed by atoms with van der Waals surface area (Å²) in [6.45, 7) is 0. The van der Waals surface area contributed by atoms with Gasteiger partial charge in [-0.1, -0.05) is 29.8 Å². The number of aromatic amines is 1.